The third-order valence-electron chi connectivity index (χ3n) is 2.41. The molecule has 0 unspecified atom stereocenters. The van der Waals surface area contributed by atoms with Crippen molar-refractivity contribution in [3.63, 3.8) is 0 Å². The molecule has 6 heteroatoms. The lowest BCUT2D eigenvalue weighted by Gasteiger charge is -2.28. The van der Waals surface area contributed by atoms with Gasteiger partial charge in [-0.05, 0) is 30.7 Å². The molecular weight excluding hydrogens is 226 g/mol. The second-order valence-corrected chi connectivity index (χ2v) is 3.53. The van der Waals surface area contributed by atoms with Crippen molar-refractivity contribution in [2.75, 3.05) is 6.54 Å². The van der Waals surface area contributed by atoms with Crippen LogP contribution < -0.4 is 10.1 Å². The van der Waals surface area contributed by atoms with E-state index in [1.807, 2.05) is 0 Å². The molecule has 1 atom stereocenters. The lowest BCUT2D eigenvalue weighted by molar-refractivity contribution is -0.275. The van der Waals surface area contributed by atoms with Gasteiger partial charge in [0, 0.05) is 6.04 Å². The van der Waals surface area contributed by atoms with Crippen LogP contribution in [0.25, 0.3) is 0 Å². The maximum atomic E-state index is 13.2. The van der Waals surface area contributed by atoms with E-state index in [9.17, 15) is 17.6 Å². The number of halogens is 4. The molecule has 88 valence electrons. The van der Waals surface area contributed by atoms with Crippen molar-refractivity contribution in [1.82, 2.24) is 5.32 Å². The van der Waals surface area contributed by atoms with Crippen LogP contribution in [0.2, 0.25) is 0 Å². The van der Waals surface area contributed by atoms with Crippen molar-refractivity contribution in [3.05, 3.63) is 29.6 Å². The van der Waals surface area contributed by atoms with Crippen LogP contribution in [0.3, 0.4) is 0 Å². The fourth-order valence-corrected chi connectivity index (χ4v) is 1.51. The standard InChI is InChI=1S/C10H9F4NO/c11-7-5-6(8-3-4-15-8)1-2-9(7)16-10(12,13)14/h1-2,5,8,15H,3-4H2/t8-/m0/s1. The first-order chi connectivity index (χ1) is 7.46. The van der Waals surface area contributed by atoms with Crippen LogP contribution in [-0.2, 0) is 0 Å². The lowest BCUT2D eigenvalue weighted by atomic mass is 9.98. The SMILES string of the molecule is Fc1cc([C@@H]2CCN2)ccc1OC(F)(F)F. The molecule has 0 spiro atoms. The first-order valence-corrected chi connectivity index (χ1v) is 4.74. The Balaban J connectivity index is 2.16. The molecule has 1 heterocycles. The lowest BCUT2D eigenvalue weighted by Crippen LogP contribution is -2.34. The van der Waals surface area contributed by atoms with E-state index >= 15 is 0 Å². The summed E-state index contributed by atoms with van der Waals surface area (Å²) in [5.74, 6) is -1.79. The maximum Gasteiger partial charge on any atom is 0.573 e. The van der Waals surface area contributed by atoms with Gasteiger partial charge in [-0.25, -0.2) is 4.39 Å². The van der Waals surface area contributed by atoms with Crippen LogP contribution in [0.15, 0.2) is 18.2 Å². The average molecular weight is 235 g/mol. The van der Waals surface area contributed by atoms with Gasteiger partial charge in [0.25, 0.3) is 0 Å². The van der Waals surface area contributed by atoms with E-state index in [4.69, 9.17) is 0 Å². The number of nitrogens with one attached hydrogen (secondary N) is 1. The highest BCUT2D eigenvalue weighted by atomic mass is 19.4. The van der Waals surface area contributed by atoms with Crippen LogP contribution in [0.4, 0.5) is 17.6 Å². The Hall–Kier alpha value is -1.30. The summed E-state index contributed by atoms with van der Waals surface area (Å²) in [6.45, 7) is 0.840. The zero-order valence-electron chi connectivity index (χ0n) is 8.14. The number of benzene rings is 1. The summed E-state index contributed by atoms with van der Waals surface area (Å²) < 4.78 is 52.3. The van der Waals surface area contributed by atoms with Crippen LogP contribution >= 0.6 is 0 Å². The summed E-state index contributed by atoms with van der Waals surface area (Å²) >= 11 is 0. The molecule has 1 N–H and O–H groups in total. The number of hydrogen-bond acceptors (Lipinski definition) is 2. The molecular formula is C10H9F4NO. The summed E-state index contributed by atoms with van der Waals surface area (Å²) in [4.78, 5) is 0. The number of alkyl halides is 3. The Labute approximate surface area is 89.2 Å². The Morgan fingerprint density at radius 2 is 2.00 bits per heavy atom. The Morgan fingerprint density at radius 1 is 1.31 bits per heavy atom. The summed E-state index contributed by atoms with van der Waals surface area (Å²) in [5, 5.41) is 3.03. The molecule has 1 fully saturated rings. The first-order valence-electron chi connectivity index (χ1n) is 4.74. The first kappa shape index (κ1) is 11.2. The molecule has 1 saturated heterocycles. The monoisotopic (exact) mass is 235 g/mol. The van der Waals surface area contributed by atoms with Gasteiger partial charge in [0.1, 0.15) is 0 Å². The topological polar surface area (TPSA) is 21.3 Å². The average Bonchev–Trinajstić information content (AvgIpc) is 2.04. The van der Waals surface area contributed by atoms with Gasteiger partial charge in [-0.15, -0.1) is 13.2 Å². The minimum atomic E-state index is -4.86. The molecule has 1 aliphatic heterocycles. The van der Waals surface area contributed by atoms with Gasteiger partial charge in [-0.2, -0.15) is 0 Å². The second kappa shape index (κ2) is 3.93. The Bertz CT molecular complexity index is 387. The van der Waals surface area contributed by atoms with E-state index in [1.165, 1.54) is 6.07 Å². The van der Waals surface area contributed by atoms with Crippen molar-refractivity contribution in [3.8, 4) is 5.75 Å². The molecule has 1 aliphatic rings. The molecule has 0 saturated carbocycles. The summed E-state index contributed by atoms with van der Waals surface area (Å²) in [6, 6.07) is 3.53. The predicted molar refractivity (Wildman–Crippen MR) is 48.4 cm³/mol. The van der Waals surface area contributed by atoms with Gasteiger partial charge in [-0.1, -0.05) is 6.07 Å². The fourth-order valence-electron chi connectivity index (χ4n) is 1.51. The van der Waals surface area contributed by atoms with Crippen LogP contribution in [-0.4, -0.2) is 12.9 Å². The zero-order valence-corrected chi connectivity index (χ0v) is 8.14. The molecule has 1 aromatic carbocycles. The molecule has 0 radical (unpaired) electrons. The van der Waals surface area contributed by atoms with Crippen molar-refractivity contribution in [2.24, 2.45) is 0 Å². The van der Waals surface area contributed by atoms with Crippen LogP contribution in [0.1, 0.15) is 18.0 Å². The van der Waals surface area contributed by atoms with Crippen molar-refractivity contribution in [1.29, 1.82) is 0 Å². The Morgan fingerprint density at radius 3 is 2.44 bits per heavy atom. The minimum absolute atomic E-state index is 0.0365. The van der Waals surface area contributed by atoms with E-state index in [-0.39, 0.29) is 6.04 Å². The van der Waals surface area contributed by atoms with Gasteiger partial charge in [0.05, 0.1) is 0 Å². The quantitative estimate of drug-likeness (QED) is 0.796. The van der Waals surface area contributed by atoms with E-state index in [1.54, 1.807) is 0 Å². The second-order valence-electron chi connectivity index (χ2n) is 3.53. The van der Waals surface area contributed by atoms with Crippen molar-refractivity contribution < 1.29 is 22.3 Å². The number of rotatable bonds is 2. The highest BCUT2D eigenvalue weighted by Gasteiger charge is 2.32. The highest BCUT2D eigenvalue weighted by molar-refractivity contribution is 5.32. The fraction of sp³-hybridized carbons (Fsp3) is 0.400. The smallest absolute Gasteiger partial charge is 0.403 e. The van der Waals surface area contributed by atoms with Gasteiger partial charge in [-0.3, -0.25) is 0 Å². The largest absolute Gasteiger partial charge is 0.573 e. The highest BCUT2D eigenvalue weighted by Crippen LogP contribution is 2.30. The minimum Gasteiger partial charge on any atom is -0.403 e. The zero-order chi connectivity index (χ0) is 11.8. The maximum absolute atomic E-state index is 13.2. The molecule has 2 nitrogen and oxygen atoms in total. The van der Waals surface area contributed by atoms with Gasteiger partial charge >= 0.3 is 6.36 Å². The number of ether oxygens (including phenoxy) is 1. The van der Waals surface area contributed by atoms with Gasteiger partial charge < -0.3 is 10.1 Å². The van der Waals surface area contributed by atoms with E-state index < -0.39 is 17.9 Å². The van der Waals surface area contributed by atoms with Gasteiger partial charge in [0.2, 0.25) is 0 Å². The molecule has 1 aromatic rings. The molecule has 0 amide bonds. The molecule has 2 rings (SSSR count). The van der Waals surface area contributed by atoms with Crippen LogP contribution in [0, 0.1) is 5.82 Å². The molecule has 0 aliphatic carbocycles. The summed E-state index contributed by atoms with van der Waals surface area (Å²) in [6.07, 6.45) is -4.00. The van der Waals surface area contributed by atoms with E-state index in [2.05, 4.69) is 10.1 Å². The van der Waals surface area contributed by atoms with E-state index in [0.717, 1.165) is 25.1 Å². The molecule has 0 aromatic heterocycles. The van der Waals surface area contributed by atoms with Crippen LogP contribution in [0.5, 0.6) is 5.75 Å². The molecule has 0 bridgehead atoms. The van der Waals surface area contributed by atoms with Gasteiger partial charge in [0.15, 0.2) is 11.6 Å². The summed E-state index contributed by atoms with van der Waals surface area (Å²) in [7, 11) is 0. The normalized spacial score (nSPS) is 20.4. The number of hydrogen-bond donors (Lipinski definition) is 1. The Kier molecular flexibility index (Phi) is 2.75. The predicted octanol–water partition coefficient (Wildman–Crippen LogP) is 2.76. The van der Waals surface area contributed by atoms with E-state index in [0.29, 0.717) is 5.56 Å². The molecule has 16 heavy (non-hydrogen) atoms. The third-order valence-corrected chi connectivity index (χ3v) is 2.41. The van der Waals surface area contributed by atoms with Crippen molar-refractivity contribution >= 4 is 0 Å². The third kappa shape index (κ3) is 2.44. The van der Waals surface area contributed by atoms with Crippen molar-refractivity contribution in [2.45, 2.75) is 18.8 Å². The summed E-state index contributed by atoms with van der Waals surface area (Å²) in [5.41, 5.74) is 0.637.